The average Bonchev–Trinajstić information content (AvgIpc) is 2.25. The number of halogens is 1. The second-order valence-electron chi connectivity index (χ2n) is 4.86. The number of nitro benzene ring substituents is 1. The van der Waals surface area contributed by atoms with Crippen LogP contribution in [0.4, 0.5) is 5.69 Å². The largest absolute Gasteiger partial charge is 0.490 e. The van der Waals surface area contributed by atoms with Crippen LogP contribution in [0, 0.1) is 10.1 Å². The Labute approximate surface area is 110 Å². The lowest BCUT2D eigenvalue weighted by Crippen LogP contribution is -2.13. The van der Waals surface area contributed by atoms with Crippen molar-refractivity contribution >= 4 is 22.5 Å². The highest BCUT2D eigenvalue weighted by Crippen LogP contribution is 2.37. The van der Waals surface area contributed by atoms with Crippen LogP contribution in [0.3, 0.4) is 0 Å². The maximum Gasteiger partial charge on any atom is 0.312 e. The molecule has 6 heteroatoms. The second-order valence-corrected chi connectivity index (χ2v) is 5.20. The molecule has 98 valence electrons. The van der Waals surface area contributed by atoms with E-state index < -0.39 is 10.2 Å². The van der Waals surface area contributed by atoms with Crippen molar-refractivity contribution in [2.45, 2.75) is 26.2 Å². The SMILES string of the molecule is COc1c(C(=O)Cl)cc(C(C)(C)C)cc1[N+](=O)[O-]. The zero-order chi connectivity index (χ0) is 14.1. The molecule has 0 radical (unpaired) electrons. The van der Waals surface area contributed by atoms with E-state index in [2.05, 4.69) is 0 Å². The third kappa shape index (κ3) is 2.79. The third-order valence-corrected chi connectivity index (χ3v) is 2.75. The maximum absolute atomic E-state index is 11.3. The van der Waals surface area contributed by atoms with Gasteiger partial charge in [0.25, 0.3) is 5.24 Å². The van der Waals surface area contributed by atoms with E-state index in [9.17, 15) is 14.9 Å². The molecule has 0 bridgehead atoms. The lowest BCUT2D eigenvalue weighted by molar-refractivity contribution is -0.385. The number of benzene rings is 1. The summed E-state index contributed by atoms with van der Waals surface area (Å²) in [5.41, 5.74) is 0.0733. The Hall–Kier alpha value is -1.62. The fraction of sp³-hybridized carbons (Fsp3) is 0.417. The fourth-order valence-corrected chi connectivity index (χ4v) is 1.68. The van der Waals surface area contributed by atoms with Gasteiger partial charge in [0.15, 0.2) is 0 Å². The van der Waals surface area contributed by atoms with Crippen LogP contribution in [0.15, 0.2) is 12.1 Å². The third-order valence-electron chi connectivity index (χ3n) is 2.55. The maximum atomic E-state index is 11.3. The molecule has 0 spiro atoms. The molecule has 0 heterocycles. The molecule has 0 N–H and O–H groups in total. The molecule has 1 aromatic rings. The summed E-state index contributed by atoms with van der Waals surface area (Å²) in [4.78, 5) is 21.8. The van der Waals surface area contributed by atoms with Crippen molar-refractivity contribution in [3.8, 4) is 5.75 Å². The Morgan fingerprint density at radius 3 is 2.28 bits per heavy atom. The van der Waals surface area contributed by atoms with E-state index in [1.54, 1.807) is 0 Å². The minimum absolute atomic E-state index is 0.0123. The summed E-state index contributed by atoms with van der Waals surface area (Å²) < 4.78 is 4.92. The van der Waals surface area contributed by atoms with Gasteiger partial charge in [-0.15, -0.1) is 0 Å². The monoisotopic (exact) mass is 271 g/mol. The normalized spacial score (nSPS) is 11.2. The first-order chi connectivity index (χ1) is 8.18. The summed E-state index contributed by atoms with van der Waals surface area (Å²) in [6.45, 7) is 5.67. The van der Waals surface area contributed by atoms with Crippen LogP contribution in [0.1, 0.15) is 36.7 Å². The highest BCUT2D eigenvalue weighted by atomic mass is 35.5. The van der Waals surface area contributed by atoms with Gasteiger partial charge < -0.3 is 4.74 Å². The summed E-state index contributed by atoms with van der Waals surface area (Å²) in [5.74, 6) is -0.104. The molecule has 0 aliphatic heterocycles. The number of carbonyl (C=O) groups is 1. The zero-order valence-corrected chi connectivity index (χ0v) is 11.4. The molecule has 18 heavy (non-hydrogen) atoms. The van der Waals surface area contributed by atoms with Crippen LogP contribution in [0.5, 0.6) is 5.75 Å². The molecule has 1 aromatic carbocycles. The topological polar surface area (TPSA) is 69.4 Å². The van der Waals surface area contributed by atoms with E-state index in [0.29, 0.717) is 5.56 Å². The summed E-state index contributed by atoms with van der Waals surface area (Å²) in [5, 5.41) is 10.2. The molecule has 0 aromatic heterocycles. The number of carbonyl (C=O) groups excluding carboxylic acids is 1. The van der Waals surface area contributed by atoms with Crippen molar-refractivity contribution in [1.82, 2.24) is 0 Å². The van der Waals surface area contributed by atoms with Crippen molar-refractivity contribution < 1.29 is 14.5 Å². The smallest absolute Gasteiger partial charge is 0.312 e. The van der Waals surface area contributed by atoms with E-state index in [1.807, 2.05) is 20.8 Å². The predicted molar refractivity (Wildman–Crippen MR) is 68.5 cm³/mol. The minimum atomic E-state index is -0.777. The van der Waals surface area contributed by atoms with E-state index in [4.69, 9.17) is 16.3 Å². The Kier molecular flexibility index (Phi) is 3.96. The first-order valence-corrected chi connectivity index (χ1v) is 5.63. The van der Waals surface area contributed by atoms with Gasteiger partial charge in [0, 0.05) is 6.07 Å². The molecule has 0 fully saturated rings. The van der Waals surface area contributed by atoms with E-state index >= 15 is 0 Å². The average molecular weight is 272 g/mol. The van der Waals surface area contributed by atoms with Crippen molar-refractivity contribution in [2.75, 3.05) is 7.11 Å². The number of hydrogen-bond acceptors (Lipinski definition) is 4. The van der Waals surface area contributed by atoms with Crippen molar-refractivity contribution in [3.05, 3.63) is 33.4 Å². The molecule has 0 aliphatic rings. The van der Waals surface area contributed by atoms with Gasteiger partial charge in [-0.05, 0) is 28.6 Å². The molecular formula is C12H14ClNO4. The number of nitro groups is 1. The molecule has 0 unspecified atom stereocenters. The quantitative estimate of drug-likeness (QED) is 0.480. The standard InChI is InChI=1S/C12H14ClNO4/c1-12(2,3)7-5-8(11(13)15)10(18-4)9(6-7)14(16)17/h5-6H,1-4H3. The van der Waals surface area contributed by atoms with Crippen molar-refractivity contribution in [3.63, 3.8) is 0 Å². The lowest BCUT2D eigenvalue weighted by Gasteiger charge is -2.20. The number of methoxy groups -OCH3 is 1. The van der Waals surface area contributed by atoms with Gasteiger partial charge in [-0.25, -0.2) is 0 Å². The van der Waals surface area contributed by atoms with Crippen LogP contribution in [0.2, 0.25) is 0 Å². The fourth-order valence-electron chi connectivity index (χ4n) is 1.54. The van der Waals surface area contributed by atoms with Crippen molar-refractivity contribution in [2.24, 2.45) is 0 Å². The Balaban J connectivity index is 3.65. The Morgan fingerprint density at radius 2 is 1.94 bits per heavy atom. The molecule has 5 nitrogen and oxygen atoms in total. The molecule has 0 saturated carbocycles. The Bertz CT molecular complexity index is 470. The molecule has 0 saturated heterocycles. The van der Waals surface area contributed by atoms with Gasteiger partial charge in [0.1, 0.15) is 0 Å². The highest BCUT2D eigenvalue weighted by molar-refractivity contribution is 6.68. The summed E-state index contributed by atoms with van der Waals surface area (Å²) >= 11 is 5.44. The minimum Gasteiger partial charge on any atom is -0.490 e. The van der Waals surface area contributed by atoms with Gasteiger partial charge in [-0.3, -0.25) is 14.9 Å². The number of nitrogens with zero attached hydrogens (tertiary/aromatic N) is 1. The predicted octanol–water partition coefficient (Wildman–Crippen LogP) is 3.28. The second kappa shape index (κ2) is 4.94. The van der Waals surface area contributed by atoms with Gasteiger partial charge in [0.05, 0.1) is 17.6 Å². The van der Waals surface area contributed by atoms with Crippen LogP contribution < -0.4 is 4.74 Å². The summed E-state index contributed by atoms with van der Waals surface area (Å²) in [7, 11) is 1.27. The van der Waals surface area contributed by atoms with Gasteiger partial charge in [-0.2, -0.15) is 0 Å². The van der Waals surface area contributed by atoms with E-state index in [-0.39, 0.29) is 22.4 Å². The number of hydrogen-bond donors (Lipinski definition) is 0. The molecule has 0 aliphatic carbocycles. The number of rotatable bonds is 3. The molecule has 0 atom stereocenters. The summed E-state index contributed by atoms with van der Waals surface area (Å²) in [6, 6.07) is 2.93. The zero-order valence-electron chi connectivity index (χ0n) is 10.6. The summed E-state index contributed by atoms with van der Waals surface area (Å²) in [6.07, 6.45) is 0. The van der Waals surface area contributed by atoms with Gasteiger partial charge >= 0.3 is 5.69 Å². The Morgan fingerprint density at radius 1 is 1.39 bits per heavy atom. The van der Waals surface area contributed by atoms with E-state index in [1.165, 1.54) is 19.2 Å². The molecular weight excluding hydrogens is 258 g/mol. The van der Waals surface area contributed by atoms with Crippen molar-refractivity contribution in [1.29, 1.82) is 0 Å². The van der Waals surface area contributed by atoms with Crippen LogP contribution in [-0.4, -0.2) is 17.3 Å². The number of ether oxygens (including phenoxy) is 1. The first kappa shape index (κ1) is 14.4. The van der Waals surface area contributed by atoms with Crippen LogP contribution >= 0.6 is 11.6 Å². The van der Waals surface area contributed by atoms with Gasteiger partial charge in [-0.1, -0.05) is 20.8 Å². The first-order valence-electron chi connectivity index (χ1n) is 5.25. The van der Waals surface area contributed by atoms with E-state index in [0.717, 1.165) is 0 Å². The van der Waals surface area contributed by atoms with Crippen LogP contribution in [-0.2, 0) is 5.41 Å². The molecule has 1 rings (SSSR count). The van der Waals surface area contributed by atoms with Crippen LogP contribution in [0.25, 0.3) is 0 Å². The lowest BCUT2D eigenvalue weighted by atomic mass is 9.85. The van der Waals surface area contributed by atoms with Gasteiger partial charge in [0.2, 0.25) is 5.75 Å². The highest BCUT2D eigenvalue weighted by Gasteiger charge is 2.27. The molecule has 0 amide bonds.